The first-order chi connectivity index (χ1) is 23.1. The van der Waals surface area contributed by atoms with E-state index in [0.29, 0.717) is 11.4 Å². The zero-order chi connectivity index (χ0) is 31.5. The van der Waals surface area contributed by atoms with Crippen molar-refractivity contribution in [1.29, 1.82) is 0 Å². The topological polar surface area (TPSA) is 64.7 Å². The van der Waals surface area contributed by atoms with E-state index >= 15 is 0 Å². The van der Waals surface area contributed by atoms with Gasteiger partial charge in [0.15, 0.2) is 11.4 Å². The van der Waals surface area contributed by atoms with E-state index in [1.807, 2.05) is 49.4 Å². The first-order valence-corrected chi connectivity index (χ1v) is 15.7. The van der Waals surface area contributed by atoms with Crippen LogP contribution in [0.5, 0.6) is 0 Å². The van der Waals surface area contributed by atoms with Crippen LogP contribution in [-0.4, -0.2) is 19.9 Å². The van der Waals surface area contributed by atoms with E-state index in [2.05, 4.69) is 97.9 Å². The Morgan fingerprint density at radius 2 is 1.13 bits per heavy atom. The molecule has 4 aromatic heterocycles. The fraction of sp³-hybridized carbons (Fsp3) is 0.0476. The van der Waals surface area contributed by atoms with Crippen molar-refractivity contribution < 1.29 is 4.42 Å². The molecule has 9 aromatic rings. The molecule has 222 valence electrons. The van der Waals surface area contributed by atoms with E-state index < -0.39 is 0 Å². The number of hydrogen-bond acceptors (Lipinski definition) is 5. The number of nitrogens with zero attached hydrogens (tertiary/aromatic N) is 4. The van der Waals surface area contributed by atoms with Crippen molar-refractivity contribution in [3.63, 3.8) is 0 Å². The minimum atomic E-state index is 0.659. The molecule has 47 heavy (non-hydrogen) atoms. The molecular weight excluding hydrogens is 576 g/mol. The molecule has 5 heteroatoms. The number of aromatic nitrogens is 4. The SMILES string of the molecule is Cc1ccc2ccc3c(-c4cccc(-c5cccc(-c6nc(-c7ccccc7)c7oc8ccccc8c7n6)c5)c4)cc(C)nc3c2n1. The van der Waals surface area contributed by atoms with E-state index in [0.717, 1.165) is 88.8 Å². The first-order valence-electron chi connectivity index (χ1n) is 15.7. The molecule has 0 amide bonds. The fourth-order valence-corrected chi connectivity index (χ4v) is 6.55. The van der Waals surface area contributed by atoms with Gasteiger partial charge in [-0.15, -0.1) is 0 Å². The molecule has 0 aliphatic heterocycles. The Morgan fingerprint density at radius 1 is 0.447 bits per heavy atom. The Morgan fingerprint density at radius 3 is 1.98 bits per heavy atom. The van der Waals surface area contributed by atoms with E-state index in [4.69, 9.17) is 24.4 Å². The van der Waals surface area contributed by atoms with Crippen molar-refractivity contribution in [2.45, 2.75) is 13.8 Å². The van der Waals surface area contributed by atoms with Gasteiger partial charge in [0.2, 0.25) is 0 Å². The summed E-state index contributed by atoms with van der Waals surface area (Å²) >= 11 is 0. The van der Waals surface area contributed by atoms with Crippen molar-refractivity contribution in [3.05, 3.63) is 145 Å². The number of aryl methyl sites for hydroxylation is 2. The standard InChI is InChI=1S/C42H28N4O/c1-25-18-19-28-20-21-33-35(22-26(2)44-39(33)37(28)43-25)31-14-8-12-29(23-31)30-13-9-15-32(24-30)42-45-38(27-10-4-3-5-11-27)41-40(46-42)34-16-6-7-17-36(34)47-41/h3-24H,1-2H3. The third-order valence-electron chi connectivity index (χ3n) is 8.80. The number of furan rings is 1. The van der Waals surface area contributed by atoms with Crippen LogP contribution in [0.2, 0.25) is 0 Å². The Hall–Kier alpha value is -6.20. The number of hydrogen-bond donors (Lipinski definition) is 0. The number of fused-ring (bicyclic) bond motifs is 6. The summed E-state index contributed by atoms with van der Waals surface area (Å²) in [6, 6.07) is 46.0. The highest BCUT2D eigenvalue weighted by atomic mass is 16.3. The molecule has 0 bridgehead atoms. The number of pyridine rings is 2. The molecule has 0 spiro atoms. The van der Waals surface area contributed by atoms with Gasteiger partial charge in [-0.3, -0.25) is 9.97 Å². The van der Waals surface area contributed by atoms with Gasteiger partial charge in [0, 0.05) is 38.7 Å². The lowest BCUT2D eigenvalue weighted by atomic mass is 9.95. The lowest BCUT2D eigenvalue weighted by molar-refractivity contribution is 0.667. The molecular formula is C42H28N4O. The summed E-state index contributed by atoms with van der Waals surface area (Å²) in [7, 11) is 0. The quantitative estimate of drug-likeness (QED) is 0.187. The Balaban J connectivity index is 1.18. The number of benzene rings is 5. The van der Waals surface area contributed by atoms with Crippen molar-refractivity contribution in [3.8, 4) is 44.9 Å². The summed E-state index contributed by atoms with van der Waals surface area (Å²) < 4.78 is 6.31. The zero-order valence-corrected chi connectivity index (χ0v) is 25.9. The second kappa shape index (κ2) is 10.7. The van der Waals surface area contributed by atoms with Crippen molar-refractivity contribution in [2.75, 3.05) is 0 Å². The molecule has 4 heterocycles. The second-order valence-electron chi connectivity index (χ2n) is 12.0. The molecule has 5 aromatic carbocycles. The normalized spacial score (nSPS) is 11.6. The average Bonchev–Trinajstić information content (AvgIpc) is 3.50. The smallest absolute Gasteiger partial charge is 0.180 e. The summed E-state index contributed by atoms with van der Waals surface area (Å²) in [5.41, 5.74) is 13.3. The molecule has 0 fully saturated rings. The Bertz CT molecular complexity index is 2660. The van der Waals surface area contributed by atoms with Gasteiger partial charge in [0.25, 0.3) is 0 Å². The van der Waals surface area contributed by atoms with Gasteiger partial charge < -0.3 is 4.42 Å². The van der Waals surface area contributed by atoms with Crippen LogP contribution in [0.25, 0.3) is 88.8 Å². The van der Waals surface area contributed by atoms with E-state index in [1.165, 1.54) is 0 Å². The maximum absolute atomic E-state index is 6.31. The molecule has 5 nitrogen and oxygen atoms in total. The summed E-state index contributed by atoms with van der Waals surface area (Å²) in [6.07, 6.45) is 0. The fourth-order valence-electron chi connectivity index (χ4n) is 6.55. The van der Waals surface area contributed by atoms with Gasteiger partial charge >= 0.3 is 0 Å². The van der Waals surface area contributed by atoms with Gasteiger partial charge in [-0.1, -0.05) is 97.1 Å². The lowest BCUT2D eigenvalue weighted by Gasteiger charge is -2.12. The van der Waals surface area contributed by atoms with Gasteiger partial charge in [-0.25, -0.2) is 9.97 Å². The van der Waals surface area contributed by atoms with Gasteiger partial charge in [0.1, 0.15) is 16.8 Å². The van der Waals surface area contributed by atoms with Gasteiger partial charge in [-0.2, -0.15) is 0 Å². The van der Waals surface area contributed by atoms with Crippen LogP contribution in [0.3, 0.4) is 0 Å². The summed E-state index contributed by atoms with van der Waals surface area (Å²) in [5, 5.41) is 3.16. The van der Waals surface area contributed by atoms with Crippen LogP contribution >= 0.6 is 0 Å². The highest BCUT2D eigenvalue weighted by molar-refractivity contribution is 6.09. The maximum atomic E-state index is 6.31. The summed E-state index contributed by atoms with van der Waals surface area (Å²) in [5.74, 6) is 0.659. The summed E-state index contributed by atoms with van der Waals surface area (Å²) in [6.45, 7) is 4.07. The van der Waals surface area contributed by atoms with E-state index in [1.54, 1.807) is 0 Å². The van der Waals surface area contributed by atoms with Crippen LogP contribution in [-0.2, 0) is 0 Å². The lowest BCUT2D eigenvalue weighted by Crippen LogP contribution is -1.94. The largest absolute Gasteiger partial charge is 0.452 e. The monoisotopic (exact) mass is 604 g/mol. The molecule has 0 radical (unpaired) electrons. The van der Waals surface area contributed by atoms with E-state index in [9.17, 15) is 0 Å². The predicted octanol–water partition coefficient (Wildman–Crippen LogP) is 10.8. The molecule has 0 N–H and O–H groups in total. The minimum Gasteiger partial charge on any atom is -0.452 e. The van der Waals surface area contributed by atoms with Gasteiger partial charge in [0.05, 0.1) is 11.0 Å². The van der Waals surface area contributed by atoms with Crippen LogP contribution in [0.4, 0.5) is 0 Å². The summed E-state index contributed by atoms with van der Waals surface area (Å²) in [4.78, 5) is 20.0. The maximum Gasteiger partial charge on any atom is 0.180 e. The van der Waals surface area contributed by atoms with Crippen molar-refractivity contribution in [2.24, 2.45) is 0 Å². The molecule has 0 saturated heterocycles. The molecule has 0 unspecified atom stereocenters. The highest BCUT2D eigenvalue weighted by Crippen LogP contribution is 2.37. The van der Waals surface area contributed by atoms with Crippen LogP contribution in [0, 0.1) is 13.8 Å². The molecule has 0 aliphatic carbocycles. The zero-order valence-electron chi connectivity index (χ0n) is 25.9. The van der Waals surface area contributed by atoms with E-state index in [-0.39, 0.29) is 0 Å². The second-order valence-corrected chi connectivity index (χ2v) is 12.0. The highest BCUT2D eigenvalue weighted by Gasteiger charge is 2.18. The van der Waals surface area contributed by atoms with Crippen molar-refractivity contribution in [1.82, 2.24) is 19.9 Å². The van der Waals surface area contributed by atoms with Crippen LogP contribution in [0.1, 0.15) is 11.4 Å². The van der Waals surface area contributed by atoms with Crippen LogP contribution < -0.4 is 0 Å². The number of rotatable bonds is 4. The molecule has 0 atom stereocenters. The van der Waals surface area contributed by atoms with Crippen molar-refractivity contribution >= 4 is 43.9 Å². The minimum absolute atomic E-state index is 0.659. The molecule has 0 saturated carbocycles. The Kier molecular flexibility index (Phi) is 6.18. The third-order valence-corrected chi connectivity index (χ3v) is 8.80. The molecule has 0 aliphatic rings. The third kappa shape index (κ3) is 4.63. The van der Waals surface area contributed by atoms with Crippen LogP contribution in [0.15, 0.2) is 138 Å². The molecule has 9 rings (SSSR count). The number of para-hydroxylation sites is 1. The van der Waals surface area contributed by atoms with Gasteiger partial charge in [-0.05, 0) is 72.5 Å². The average molecular weight is 605 g/mol. The predicted molar refractivity (Wildman–Crippen MR) is 191 cm³/mol. The first kappa shape index (κ1) is 27.1. The Labute approximate surface area is 271 Å².